The summed E-state index contributed by atoms with van der Waals surface area (Å²) in [5.41, 5.74) is 8.28. The molecule has 2 aromatic rings. The summed E-state index contributed by atoms with van der Waals surface area (Å²) in [4.78, 5) is 12.5. The quantitative estimate of drug-likeness (QED) is 0.773. The van der Waals surface area contributed by atoms with Crippen LogP contribution < -0.4 is 11.1 Å². The van der Waals surface area contributed by atoms with E-state index in [2.05, 4.69) is 5.32 Å². The summed E-state index contributed by atoms with van der Waals surface area (Å²) in [5.74, 6) is 0.156. The van der Waals surface area contributed by atoms with E-state index in [1.165, 1.54) is 25.0 Å². The van der Waals surface area contributed by atoms with E-state index in [-0.39, 0.29) is 30.2 Å². The third-order valence-corrected chi connectivity index (χ3v) is 4.76. The fourth-order valence-electron chi connectivity index (χ4n) is 3.48. The number of benzene rings is 2. The number of amides is 1. The SMILES string of the molecule is Cl.Nc1ccc(CC(=O)NC(c2ccc(F)cc2)C2CCCC2)cc1. The molecular weight excluding hydrogens is 339 g/mol. The third kappa shape index (κ3) is 5.20. The van der Waals surface area contributed by atoms with Crippen LogP contribution in [0.1, 0.15) is 42.9 Å². The van der Waals surface area contributed by atoms with Gasteiger partial charge in [-0.1, -0.05) is 37.1 Å². The highest BCUT2D eigenvalue weighted by Crippen LogP contribution is 2.35. The number of anilines is 1. The topological polar surface area (TPSA) is 55.1 Å². The number of halogens is 2. The molecule has 0 spiro atoms. The average Bonchev–Trinajstić information content (AvgIpc) is 3.10. The highest BCUT2D eigenvalue weighted by molar-refractivity contribution is 5.85. The van der Waals surface area contributed by atoms with E-state index >= 15 is 0 Å². The van der Waals surface area contributed by atoms with Gasteiger partial charge in [0.05, 0.1) is 12.5 Å². The van der Waals surface area contributed by atoms with Crippen molar-refractivity contribution >= 4 is 24.0 Å². The summed E-state index contributed by atoms with van der Waals surface area (Å²) in [6.07, 6.45) is 4.91. The molecule has 25 heavy (non-hydrogen) atoms. The van der Waals surface area contributed by atoms with E-state index < -0.39 is 0 Å². The van der Waals surface area contributed by atoms with E-state index in [9.17, 15) is 9.18 Å². The zero-order chi connectivity index (χ0) is 16.9. The van der Waals surface area contributed by atoms with Gasteiger partial charge in [-0.15, -0.1) is 12.4 Å². The molecule has 1 aliphatic rings. The third-order valence-electron chi connectivity index (χ3n) is 4.76. The molecule has 3 nitrogen and oxygen atoms in total. The first kappa shape index (κ1) is 19.3. The summed E-state index contributed by atoms with van der Waals surface area (Å²) in [6.45, 7) is 0. The van der Waals surface area contributed by atoms with Gasteiger partial charge in [0, 0.05) is 5.69 Å². The molecule has 2 aromatic carbocycles. The second kappa shape index (κ2) is 8.86. The molecule has 3 N–H and O–H groups in total. The minimum Gasteiger partial charge on any atom is -0.399 e. The van der Waals surface area contributed by atoms with Gasteiger partial charge in [-0.2, -0.15) is 0 Å². The maximum atomic E-state index is 13.2. The highest BCUT2D eigenvalue weighted by Gasteiger charge is 2.27. The Morgan fingerprint density at radius 3 is 2.28 bits per heavy atom. The Labute approximate surface area is 154 Å². The van der Waals surface area contributed by atoms with E-state index in [0.29, 0.717) is 18.0 Å². The van der Waals surface area contributed by atoms with Crippen LogP contribution in [0.5, 0.6) is 0 Å². The lowest BCUT2D eigenvalue weighted by atomic mass is 9.91. The summed E-state index contributed by atoms with van der Waals surface area (Å²) in [7, 11) is 0. The number of hydrogen-bond donors (Lipinski definition) is 2. The molecule has 1 fully saturated rings. The van der Waals surface area contributed by atoms with Gasteiger partial charge in [0.25, 0.3) is 0 Å². The molecule has 1 aliphatic carbocycles. The lowest BCUT2D eigenvalue weighted by molar-refractivity contribution is -0.121. The molecule has 0 aliphatic heterocycles. The van der Waals surface area contributed by atoms with Gasteiger partial charge < -0.3 is 11.1 Å². The monoisotopic (exact) mass is 362 g/mol. The van der Waals surface area contributed by atoms with Crippen LogP contribution in [0.25, 0.3) is 0 Å². The molecule has 1 atom stereocenters. The Kier molecular flexibility index (Phi) is 6.82. The van der Waals surface area contributed by atoms with Crippen LogP contribution in [0.2, 0.25) is 0 Å². The predicted molar refractivity (Wildman–Crippen MR) is 101 cm³/mol. The normalized spacial score (nSPS) is 15.4. The van der Waals surface area contributed by atoms with Crippen LogP contribution in [0.15, 0.2) is 48.5 Å². The number of carbonyl (C=O) groups is 1. The number of nitrogens with one attached hydrogen (secondary N) is 1. The maximum absolute atomic E-state index is 13.2. The smallest absolute Gasteiger partial charge is 0.224 e. The fraction of sp³-hybridized carbons (Fsp3) is 0.350. The van der Waals surface area contributed by atoms with E-state index in [1.807, 2.05) is 12.1 Å². The van der Waals surface area contributed by atoms with Crippen LogP contribution in [-0.4, -0.2) is 5.91 Å². The molecule has 0 aromatic heterocycles. The average molecular weight is 363 g/mol. The lowest BCUT2D eigenvalue weighted by Gasteiger charge is -2.25. The fourth-order valence-corrected chi connectivity index (χ4v) is 3.48. The van der Waals surface area contributed by atoms with Crippen molar-refractivity contribution in [2.24, 2.45) is 5.92 Å². The molecule has 0 heterocycles. The number of carbonyl (C=O) groups excluding carboxylic acids is 1. The van der Waals surface area contributed by atoms with Gasteiger partial charge in [-0.3, -0.25) is 4.79 Å². The highest BCUT2D eigenvalue weighted by atomic mass is 35.5. The van der Waals surface area contributed by atoms with Crippen molar-refractivity contribution in [1.82, 2.24) is 5.32 Å². The predicted octanol–water partition coefficient (Wildman–Crippen LogP) is 4.42. The van der Waals surface area contributed by atoms with Gasteiger partial charge in [0.2, 0.25) is 5.91 Å². The summed E-state index contributed by atoms with van der Waals surface area (Å²) >= 11 is 0. The number of rotatable bonds is 5. The largest absolute Gasteiger partial charge is 0.399 e. The van der Waals surface area contributed by atoms with Crippen molar-refractivity contribution in [3.8, 4) is 0 Å². The van der Waals surface area contributed by atoms with Crippen molar-refractivity contribution < 1.29 is 9.18 Å². The van der Waals surface area contributed by atoms with Gasteiger partial charge in [-0.25, -0.2) is 4.39 Å². The van der Waals surface area contributed by atoms with Gasteiger partial charge in [0.15, 0.2) is 0 Å². The lowest BCUT2D eigenvalue weighted by Crippen LogP contribution is -2.33. The Morgan fingerprint density at radius 2 is 1.68 bits per heavy atom. The van der Waals surface area contributed by atoms with Gasteiger partial charge >= 0.3 is 0 Å². The van der Waals surface area contributed by atoms with Crippen molar-refractivity contribution in [2.75, 3.05) is 5.73 Å². The molecule has 0 saturated heterocycles. The van der Waals surface area contributed by atoms with Gasteiger partial charge in [-0.05, 0) is 54.2 Å². The number of nitrogen functional groups attached to an aromatic ring is 1. The zero-order valence-corrected chi connectivity index (χ0v) is 14.9. The van der Waals surface area contributed by atoms with Crippen molar-refractivity contribution in [2.45, 2.75) is 38.1 Å². The van der Waals surface area contributed by atoms with Gasteiger partial charge in [0.1, 0.15) is 5.82 Å². The van der Waals surface area contributed by atoms with Crippen LogP contribution in [0.4, 0.5) is 10.1 Å². The number of hydrogen-bond acceptors (Lipinski definition) is 2. The van der Waals surface area contributed by atoms with Crippen molar-refractivity contribution in [3.63, 3.8) is 0 Å². The van der Waals surface area contributed by atoms with E-state index in [0.717, 1.165) is 24.0 Å². The Balaban J connectivity index is 0.00000225. The molecule has 1 amide bonds. The molecular formula is C20H24ClFN2O. The van der Waals surface area contributed by atoms with Crippen molar-refractivity contribution in [1.29, 1.82) is 0 Å². The number of nitrogens with two attached hydrogens (primary N) is 1. The van der Waals surface area contributed by atoms with Crippen LogP contribution >= 0.6 is 12.4 Å². The zero-order valence-electron chi connectivity index (χ0n) is 14.1. The van der Waals surface area contributed by atoms with E-state index in [1.54, 1.807) is 24.3 Å². The molecule has 5 heteroatoms. The minimum atomic E-state index is -0.253. The summed E-state index contributed by atoms with van der Waals surface area (Å²) in [5, 5.41) is 3.17. The first-order valence-corrected chi connectivity index (χ1v) is 8.51. The molecule has 0 bridgehead atoms. The summed E-state index contributed by atoms with van der Waals surface area (Å²) in [6, 6.07) is 13.8. The molecule has 134 valence electrons. The standard InChI is InChI=1S/C20H23FN2O.ClH/c21-17-9-7-16(8-10-17)20(15-3-1-2-4-15)23-19(24)13-14-5-11-18(22)12-6-14;/h5-12,15,20H,1-4,13,22H2,(H,23,24);1H. The molecule has 1 unspecified atom stereocenters. The first-order chi connectivity index (χ1) is 11.6. The maximum Gasteiger partial charge on any atom is 0.224 e. The minimum absolute atomic E-state index is 0. The van der Waals surface area contributed by atoms with Crippen LogP contribution in [0.3, 0.4) is 0 Å². The Morgan fingerprint density at radius 1 is 1.08 bits per heavy atom. The van der Waals surface area contributed by atoms with Crippen LogP contribution in [0, 0.1) is 11.7 Å². The molecule has 1 saturated carbocycles. The Hall–Kier alpha value is -2.07. The molecule has 3 rings (SSSR count). The van der Waals surface area contributed by atoms with Crippen LogP contribution in [-0.2, 0) is 11.2 Å². The van der Waals surface area contributed by atoms with E-state index in [4.69, 9.17) is 5.73 Å². The first-order valence-electron chi connectivity index (χ1n) is 8.51. The summed E-state index contributed by atoms with van der Waals surface area (Å²) < 4.78 is 13.2. The van der Waals surface area contributed by atoms with Crippen molar-refractivity contribution in [3.05, 3.63) is 65.5 Å². The Bertz CT molecular complexity index is 682. The second-order valence-corrected chi connectivity index (χ2v) is 6.56. The second-order valence-electron chi connectivity index (χ2n) is 6.56. The molecule has 0 radical (unpaired) electrons.